The molecule has 2 atom stereocenters. The SMILES string of the molecule is CC(C)(C)[C@@H]1CCN(Cc2cccc(OCC(F)(F)F)c2)C[C@@H]1O. The third-order valence-electron chi connectivity index (χ3n) is 4.49. The van der Waals surface area contributed by atoms with Crippen molar-refractivity contribution in [2.24, 2.45) is 11.3 Å². The van der Waals surface area contributed by atoms with E-state index in [0.717, 1.165) is 18.5 Å². The summed E-state index contributed by atoms with van der Waals surface area (Å²) < 4.78 is 41.5. The van der Waals surface area contributed by atoms with Crippen LogP contribution in [0.4, 0.5) is 13.2 Å². The summed E-state index contributed by atoms with van der Waals surface area (Å²) in [6, 6.07) is 6.71. The third kappa shape index (κ3) is 5.67. The van der Waals surface area contributed by atoms with Crippen molar-refractivity contribution in [3.8, 4) is 5.75 Å². The van der Waals surface area contributed by atoms with Crippen LogP contribution < -0.4 is 4.74 Å². The van der Waals surface area contributed by atoms with Gasteiger partial charge in [-0.25, -0.2) is 0 Å². The number of benzene rings is 1. The Kier molecular flexibility index (Phi) is 5.81. The number of hydrogen-bond acceptors (Lipinski definition) is 3. The molecular weight excluding hydrogens is 319 g/mol. The number of rotatable bonds is 4. The second-order valence-corrected chi connectivity index (χ2v) is 7.61. The van der Waals surface area contributed by atoms with E-state index in [-0.39, 0.29) is 23.2 Å². The zero-order valence-electron chi connectivity index (χ0n) is 14.4. The van der Waals surface area contributed by atoms with Gasteiger partial charge in [0.15, 0.2) is 6.61 Å². The van der Waals surface area contributed by atoms with Gasteiger partial charge in [-0.15, -0.1) is 0 Å². The number of nitrogens with zero attached hydrogens (tertiary/aromatic N) is 1. The van der Waals surface area contributed by atoms with Gasteiger partial charge in [-0.1, -0.05) is 32.9 Å². The number of β-amino-alcohol motifs (C(OH)–C–C–N with tert-alkyl or cyclic N) is 1. The van der Waals surface area contributed by atoms with E-state index in [2.05, 4.69) is 25.7 Å². The highest BCUT2D eigenvalue weighted by Gasteiger charge is 2.35. The average Bonchev–Trinajstić information content (AvgIpc) is 2.43. The molecule has 1 aliphatic rings. The first kappa shape index (κ1) is 19.1. The average molecular weight is 345 g/mol. The van der Waals surface area contributed by atoms with Crippen molar-refractivity contribution in [2.75, 3.05) is 19.7 Å². The van der Waals surface area contributed by atoms with Gasteiger partial charge in [0.25, 0.3) is 0 Å². The van der Waals surface area contributed by atoms with Crippen molar-refractivity contribution in [3.05, 3.63) is 29.8 Å². The van der Waals surface area contributed by atoms with Crippen molar-refractivity contribution in [1.29, 1.82) is 0 Å². The number of hydrogen-bond donors (Lipinski definition) is 1. The Morgan fingerprint density at radius 2 is 1.96 bits per heavy atom. The van der Waals surface area contributed by atoms with Crippen molar-refractivity contribution in [1.82, 2.24) is 4.90 Å². The number of ether oxygens (including phenoxy) is 1. The molecule has 0 bridgehead atoms. The van der Waals surface area contributed by atoms with Crippen LogP contribution in [0.1, 0.15) is 32.8 Å². The van der Waals surface area contributed by atoms with Crippen LogP contribution >= 0.6 is 0 Å². The molecule has 6 heteroatoms. The molecule has 1 aromatic carbocycles. The van der Waals surface area contributed by atoms with Gasteiger partial charge < -0.3 is 9.84 Å². The number of piperidine rings is 1. The standard InChI is InChI=1S/C18H26F3NO2/c1-17(2,3)15-7-8-22(11-16(15)23)10-13-5-4-6-14(9-13)24-12-18(19,20)21/h4-6,9,15-16,23H,7-8,10-12H2,1-3H3/t15-,16+/m1/s1. The predicted molar refractivity (Wildman–Crippen MR) is 86.8 cm³/mol. The van der Waals surface area contributed by atoms with Crippen LogP contribution in [0.25, 0.3) is 0 Å². The molecule has 1 aromatic rings. The molecule has 0 spiro atoms. The van der Waals surface area contributed by atoms with Gasteiger partial charge in [-0.3, -0.25) is 4.90 Å². The summed E-state index contributed by atoms with van der Waals surface area (Å²) in [5, 5.41) is 10.4. The van der Waals surface area contributed by atoms with Crippen molar-refractivity contribution < 1.29 is 23.0 Å². The van der Waals surface area contributed by atoms with Crippen molar-refractivity contribution in [3.63, 3.8) is 0 Å². The molecule has 3 nitrogen and oxygen atoms in total. The summed E-state index contributed by atoms with van der Waals surface area (Å²) in [7, 11) is 0. The summed E-state index contributed by atoms with van der Waals surface area (Å²) in [6.07, 6.45) is -3.81. The van der Waals surface area contributed by atoms with E-state index in [1.807, 2.05) is 6.07 Å². The van der Waals surface area contributed by atoms with E-state index in [1.54, 1.807) is 12.1 Å². The van der Waals surface area contributed by atoms with Crippen LogP contribution in [0, 0.1) is 11.3 Å². The van der Waals surface area contributed by atoms with Crippen LogP contribution in [0.2, 0.25) is 0 Å². The molecule has 1 heterocycles. The van der Waals surface area contributed by atoms with E-state index < -0.39 is 12.8 Å². The van der Waals surface area contributed by atoms with Gasteiger partial charge in [0.2, 0.25) is 0 Å². The van der Waals surface area contributed by atoms with Crippen molar-refractivity contribution >= 4 is 0 Å². The molecular formula is C18H26F3NO2. The van der Waals surface area contributed by atoms with E-state index in [4.69, 9.17) is 4.74 Å². The number of likely N-dealkylation sites (tertiary alicyclic amines) is 1. The molecule has 0 unspecified atom stereocenters. The minimum Gasteiger partial charge on any atom is -0.484 e. The number of alkyl halides is 3. The maximum Gasteiger partial charge on any atom is 0.422 e. The van der Waals surface area contributed by atoms with Gasteiger partial charge >= 0.3 is 6.18 Å². The summed E-state index contributed by atoms with van der Waals surface area (Å²) in [6.45, 7) is 7.17. The molecule has 136 valence electrons. The Hall–Kier alpha value is -1.27. The van der Waals surface area contributed by atoms with Gasteiger partial charge in [0, 0.05) is 13.1 Å². The molecule has 0 saturated carbocycles. The number of halogens is 3. The van der Waals surface area contributed by atoms with Gasteiger partial charge in [-0.2, -0.15) is 13.2 Å². The molecule has 0 radical (unpaired) electrons. The molecule has 1 saturated heterocycles. The highest BCUT2D eigenvalue weighted by Crippen LogP contribution is 2.35. The summed E-state index contributed by atoms with van der Waals surface area (Å²) >= 11 is 0. The van der Waals surface area contributed by atoms with Crippen LogP contribution in [-0.2, 0) is 6.54 Å². The fourth-order valence-electron chi connectivity index (χ4n) is 3.31. The summed E-state index contributed by atoms with van der Waals surface area (Å²) in [4.78, 5) is 2.13. The second-order valence-electron chi connectivity index (χ2n) is 7.61. The normalized spacial score (nSPS) is 23.3. The van der Waals surface area contributed by atoms with Gasteiger partial charge in [-0.05, 0) is 42.0 Å². The molecule has 2 rings (SSSR count). The topological polar surface area (TPSA) is 32.7 Å². The van der Waals surface area contributed by atoms with E-state index >= 15 is 0 Å². The Morgan fingerprint density at radius 1 is 1.25 bits per heavy atom. The molecule has 0 amide bonds. The lowest BCUT2D eigenvalue weighted by Crippen LogP contribution is -2.47. The first-order chi connectivity index (χ1) is 11.0. The Labute approximate surface area is 141 Å². The first-order valence-corrected chi connectivity index (χ1v) is 8.23. The lowest BCUT2D eigenvalue weighted by molar-refractivity contribution is -0.153. The zero-order chi connectivity index (χ0) is 18.0. The van der Waals surface area contributed by atoms with Crippen LogP contribution in [0.5, 0.6) is 5.75 Å². The Morgan fingerprint density at radius 3 is 2.54 bits per heavy atom. The molecule has 24 heavy (non-hydrogen) atoms. The smallest absolute Gasteiger partial charge is 0.422 e. The quantitative estimate of drug-likeness (QED) is 0.899. The van der Waals surface area contributed by atoms with Crippen LogP contribution in [0.15, 0.2) is 24.3 Å². The molecule has 1 N–H and O–H groups in total. The maximum absolute atomic E-state index is 12.2. The van der Waals surface area contributed by atoms with E-state index in [0.29, 0.717) is 13.1 Å². The van der Waals surface area contributed by atoms with Crippen LogP contribution in [-0.4, -0.2) is 42.0 Å². The Bertz CT molecular complexity index is 540. The fraction of sp³-hybridized carbons (Fsp3) is 0.667. The van der Waals surface area contributed by atoms with E-state index in [9.17, 15) is 18.3 Å². The fourth-order valence-corrected chi connectivity index (χ4v) is 3.31. The number of aliphatic hydroxyl groups excluding tert-OH is 1. The predicted octanol–water partition coefficient (Wildman–Crippen LogP) is 3.86. The molecule has 0 aliphatic carbocycles. The lowest BCUT2D eigenvalue weighted by Gasteiger charge is -2.42. The van der Waals surface area contributed by atoms with Crippen molar-refractivity contribution in [2.45, 2.75) is 46.0 Å². The molecule has 1 aliphatic heterocycles. The van der Waals surface area contributed by atoms with Gasteiger partial charge in [0.1, 0.15) is 5.75 Å². The highest BCUT2D eigenvalue weighted by molar-refractivity contribution is 5.28. The second kappa shape index (κ2) is 7.31. The minimum atomic E-state index is -4.34. The molecule has 0 aromatic heterocycles. The monoisotopic (exact) mass is 345 g/mol. The summed E-state index contributed by atoms with van der Waals surface area (Å²) in [5.74, 6) is 0.477. The maximum atomic E-state index is 12.2. The minimum absolute atomic E-state index is 0.0663. The van der Waals surface area contributed by atoms with E-state index in [1.165, 1.54) is 6.07 Å². The summed E-state index contributed by atoms with van der Waals surface area (Å²) in [5.41, 5.74) is 0.952. The first-order valence-electron chi connectivity index (χ1n) is 8.23. The molecule has 1 fully saturated rings. The largest absolute Gasteiger partial charge is 0.484 e. The third-order valence-corrected chi connectivity index (χ3v) is 4.49. The lowest BCUT2D eigenvalue weighted by atomic mass is 9.73. The zero-order valence-corrected chi connectivity index (χ0v) is 14.4. The number of aliphatic hydroxyl groups is 1. The van der Waals surface area contributed by atoms with Gasteiger partial charge in [0.05, 0.1) is 6.10 Å². The highest BCUT2D eigenvalue weighted by atomic mass is 19.4. The van der Waals surface area contributed by atoms with Crippen LogP contribution in [0.3, 0.4) is 0 Å². The Balaban J connectivity index is 1.93.